The van der Waals surface area contributed by atoms with Crippen molar-refractivity contribution in [3.05, 3.63) is 23.5 Å². The predicted octanol–water partition coefficient (Wildman–Crippen LogP) is 2.19. The Hall–Kier alpha value is -1.13. The Labute approximate surface area is 100 Å². The molecule has 0 aromatic carbocycles. The maximum absolute atomic E-state index is 11.9. The zero-order valence-corrected chi connectivity index (χ0v) is 10.2. The zero-order valence-electron chi connectivity index (χ0n) is 9.46. The molecule has 0 fully saturated rings. The molecule has 5 heteroatoms. The molecule has 16 heavy (non-hydrogen) atoms. The summed E-state index contributed by atoms with van der Waals surface area (Å²) in [5, 5.41) is 2.94. The third kappa shape index (κ3) is 3.18. The van der Waals surface area contributed by atoms with Gasteiger partial charge in [-0.3, -0.25) is 4.79 Å². The minimum absolute atomic E-state index is 0.246. The smallest absolute Gasteiger partial charge is 0.244 e. The predicted molar refractivity (Wildman–Crippen MR) is 65.4 cm³/mol. The van der Waals surface area contributed by atoms with Crippen LogP contribution in [0, 0.1) is 0 Å². The molecule has 0 radical (unpaired) electrons. The topological polar surface area (TPSA) is 68.0 Å². The summed E-state index contributed by atoms with van der Waals surface area (Å²) in [5.41, 5.74) is 5.50. The Bertz CT molecular complexity index is 379. The van der Waals surface area contributed by atoms with E-state index in [9.17, 15) is 4.79 Å². The van der Waals surface area contributed by atoms with Crippen molar-refractivity contribution in [3.63, 3.8) is 0 Å². The van der Waals surface area contributed by atoms with Gasteiger partial charge in [-0.2, -0.15) is 0 Å². The lowest BCUT2D eigenvalue weighted by molar-refractivity contribution is -0.120. The van der Waals surface area contributed by atoms with E-state index >= 15 is 0 Å². The van der Waals surface area contributed by atoms with Gasteiger partial charge in [0.1, 0.15) is 0 Å². The molecular formula is C11H16ClN3O. The van der Waals surface area contributed by atoms with Gasteiger partial charge in [-0.15, -0.1) is 0 Å². The second-order valence-electron chi connectivity index (χ2n) is 3.96. The number of carbonyl (C=O) groups is 1. The van der Waals surface area contributed by atoms with E-state index in [4.69, 9.17) is 17.3 Å². The second kappa shape index (κ2) is 5.27. The van der Waals surface area contributed by atoms with E-state index in [0.717, 1.165) is 6.42 Å². The highest BCUT2D eigenvalue weighted by Crippen LogP contribution is 2.19. The van der Waals surface area contributed by atoms with Gasteiger partial charge in [-0.1, -0.05) is 24.9 Å². The first kappa shape index (κ1) is 12.9. The molecule has 3 N–H and O–H groups in total. The van der Waals surface area contributed by atoms with Crippen LogP contribution in [0.5, 0.6) is 0 Å². The van der Waals surface area contributed by atoms with E-state index in [-0.39, 0.29) is 11.1 Å². The molecule has 0 aliphatic heterocycles. The normalized spacial score (nSPS) is 14.2. The molecule has 0 aliphatic carbocycles. The number of carbonyl (C=O) groups excluding carboxylic acids is 1. The van der Waals surface area contributed by atoms with Gasteiger partial charge in [0, 0.05) is 6.20 Å². The number of anilines is 1. The van der Waals surface area contributed by atoms with Gasteiger partial charge in [0.2, 0.25) is 5.91 Å². The first-order valence-electron chi connectivity index (χ1n) is 5.18. The fourth-order valence-corrected chi connectivity index (χ4v) is 1.54. The monoisotopic (exact) mass is 241 g/mol. The molecule has 1 atom stereocenters. The van der Waals surface area contributed by atoms with Crippen LogP contribution in [0.25, 0.3) is 0 Å². The summed E-state index contributed by atoms with van der Waals surface area (Å²) in [4.78, 5) is 15.7. The van der Waals surface area contributed by atoms with Crippen LogP contribution in [0.4, 0.5) is 5.69 Å². The first-order chi connectivity index (χ1) is 7.47. The number of aromatic nitrogens is 1. The number of nitrogens with two attached hydrogens (primary N) is 1. The molecule has 0 saturated heterocycles. The Balaban J connectivity index is 2.75. The zero-order chi connectivity index (χ0) is 12.2. The number of hydrogen-bond acceptors (Lipinski definition) is 3. The number of hydrogen-bond donors (Lipinski definition) is 2. The largest absolute Gasteiger partial charge is 0.322 e. The summed E-state index contributed by atoms with van der Waals surface area (Å²) in [6.45, 7) is 3.69. The molecule has 88 valence electrons. The minimum atomic E-state index is -0.881. The van der Waals surface area contributed by atoms with Gasteiger partial charge < -0.3 is 11.1 Å². The molecule has 1 aromatic rings. The Morgan fingerprint density at radius 3 is 2.94 bits per heavy atom. The Morgan fingerprint density at radius 1 is 1.69 bits per heavy atom. The summed E-state index contributed by atoms with van der Waals surface area (Å²) in [6.07, 6.45) is 3.03. The van der Waals surface area contributed by atoms with Crippen LogP contribution >= 0.6 is 11.6 Å². The minimum Gasteiger partial charge on any atom is -0.322 e. The summed E-state index contributed by atoms with van der Waals surface area (Å²) < 4.78 is 0. The summed E-state index contributed by atoms with van der Waals surface area (Å²) >= 11 is 5.83. The van der Waals surface area contributed by atoms with Gasteiger partial charge in [0.05, 0.1) is 11.2 Å². The molecule has 0 saturated carbocycles. The van der Waals surface area contributed by atoms with E-state index < -0.39 is 5.54 Å². The SMILES string of the molecule is CCCC(C)(N)C(=O)Nc1cccnc1Cl. The number of halogens is 1. The molecule has 4 nitrogen and oxygen atoms in total. The average molecular weight is 242 g/mol. The van der Waals surface area contributed by atoms with Gasteiger partial charge in [-0.05, 0) is 25.5 Å². The Morgan fingerprint density at radius 2 is 2.38 bits per heavy atom. The highest BCUT2D eigenvalue weighted by molar-refractivity contribution is 6.32. The molecule has 0 bridgehead atoms. The van der Waals surface area contributed by atoms with Crippen molar-refractivity contribution < 1.29 is 4.79 Å². The molecule has 1 aromatic heterocycles. The standard InChI is InChI=1S/C11H16ClN3O/c1-3-6-11(2,13)10(16)15-8-5-4-7-14-9(8)12/h4-5,7H,3,6,13H2,1-2H3,(H,15,16). The number of amides is 1. The van der Waals surface area contributed by atoms with Crippen LogP contribution in [0.3, 0.4) is 0 Å². The maximum Gasteiger partial charge on any atom is 0.244 e. The second-order valence-corrected chi connectivity index (χ2v) is 4.32. The third-order valence-electron chi connectivity index (χ3n) is 2.30. The van der Waals surface area contributed by atoms with Crippen molar-refractivity contribution in [1.82, 2.24) is 4.98 Å². The van der Waals surface area contributed by atoms with Gasteiger partial charge in [-0.25, -0.2) is 4.98 Å². The van der Waals surface area contributed by atoms with Crippen molar-refractivity contribution in [2.24, 2.45) is 5.73 Å². The number of pyridine rings is 1. The lowest BCUT2D eigenvalue weighted by atomic mass is 9.96. The van der Waals surface area contributed by atoms with Crippen molar-refractivity contribution in [3.8, 4) is 0 Å². The van der Waals surface area contributed by atoms with Gasteiger partial charge in [0.15, 0.2) is 5.15 Å². The molecule has 1 rings (SSSR count). The summed E-state index contributed by atoms with van der Waals surface area (Å²) in [6, 6.07) is 3.39. The first-order valence-corrected chi connectivity index (χ1v) is 5.56. The van der Waals surface area contributed by atoms with Crippen molar-refractivity contribution >= 4 is 23.2 Å². The average Bonchev–Trinajstić information content (AvgIpc) is 2.21. The Kier molecular flexibility index (Phi) is 4.26. The molecule has 0 aliphatic rings. The van der Waals surface area contributed by atoms with Crippen molar-refractivity contribution in [2.45, 2.75) is 32.2 Å². The fraction of sp³-hybridized carbons (Fsp3) is 0.455. The van der Waals surface area contributed by atoms with E-state index in [1.54, 1.807) is 25.3 Å². The van der Waals surface area contributed by atoms with Crippen LogP contribution in [0.1, 0.15) is 26.7 Å². The highest BCUT2D eigenvalue weighted by atomic mass is 35.5. The molecule has 0 spiro atoms. The molecule has 1 amide bonds. The van der Waals surface area contributed by atoms with E-state index in [2.05, 4.69) is 10.3 Å². The number of rotatable bonds is 4. The molecular weight excluding hydrogens is 226 g/mol. The fourth-order valence-electron chi connectivity index (χ4n) is 1.38. The van der Waals surface area contributed by atoms with E-state index in [1.807, 2.05) is 6.92 Å². The van der Waals surface area contributed by atoms with Crippen molar-refractivity contribution in [1.29, 1.82) is 0 Å². The maximum atomic E-state index is 11.9. The van der Waals surface area contributed by atoms with E-state index in [0.29, 0.717) is 12.1 Å². The summed E-state index contributed by atoms with van der Waals surface area (Å²) in [5.74, 6) is -0.246. The van der Waals surface area contributed by atoms with Crippen LogP contribution in [0.15, 0.2) is 18.3 Å². The third-order valence-corrected chi connectivity index (χ3v) is 2.60. The van der Waals surface area contributed by atoms with Crippen molar-refractivity contribution in [2.75, 3.05) is 5.32 Å². The molecule has 1 unspecified atom stereocenters. The van der Waals surface area contributed by atoms with E-state index in [1.165, 1.54) is 0 Å². The number of nitrogens with one attached hydrogen (secondary N) is 1. The summed E-state index contributed by atoms with van der Waals surface area (Å²) in [7, 11) is 0. The van der Waals surface area contributed by atoms with Gasteiger partial charge >= 0.3 is 0 Å². The lowest BCUT2D eigenvalue weighted by Crippen LogP contribution is -2.48. The quantitative estimate of drug-likeness (QED) is 0.794. The van der Waals surface area contributed by atoms with Crippen LogP contribution in [0.2, 0.25) is 5.15 Å². The number of nitrogens with zero attached hydrogens (tertiary/aromatic N) is 1. The van der Waals surface area contributed by atoms with Crippen LogP contribution in [-0.4, -0.2) is 16.4 Å². The molecule has 1 heterocycles. The van der Waals surface area contributed by atoms with Crippen LogP contribution in [-0.2, 0) is 4.79 Å². The van der Waals surface area contributed by atoms with Crippen LogP contribution < -0.4 is 11.1 Å². The van der Waals surface area contributed by atoms with Gasteiger partial charge in [0.25, 0.3) is 0 Å². The lowest BCUT2D eigenvalue weighted by Gasteiger charge is -2.22. The highest BCUT2D eigenvalue weighted by Gasteiger charge is 2.27.